The Kier molecular flexibility index (Phi) is 3.54. The molecule has 0 aliphatic carbocycles. The molecule has 0 aliphatic heterocycles. The highest BCUT2D eigenvalue weighted by molar-refractivity contribution is 6.30. The molecule has 6 N–H and O–H groups in total. The molecule has 0 saturated carbocycles. The van der Waals surface area contributed by atoms with Gasteiger partial charge >= 0.3 is 0 Å². The highest BCUT2D eigenvalue weighted by atomic mass is 35.5. The van der Waals surface area contributed by atoms with Gasteiger partial charge in [-0.15, -0.1) is 0 Å². The number of nitrogen functional groups attached to an aromatic ring is 1. The van der Waals surface area contributed by atoms with Crippen molar-refractivity contribution in [2.75, 3.05) is 12.3 Å². The van der Waals surface area contributed by atoms with Crippen LogP contribution in [0.3, 0.4) is 0 Å². The molecule has 0 aliphatic rings. The van der Waals surface area contributed by atoms with Crippen LogP contribution in [-0.2, 0) is 0 Å². The molecule has 1 aromatic carbocycles. The second kappa shape index (κ2) is 4.46. The maximum atomic E-state index is 5.86. The molecule has 72 valence electrons. The van der Waals surface area contributed by atoms with Crippen LogP contribution in [0.4, 0.5) is 5.69 Å². The van der Waals surface area contributed by atoms with Gasteiger partial charge in [-0.3, -0.25) is 0 Å². The SMILES string of the molecule is NCC[C@H](N)c1cc(Cl)ccc1N. The van der Waals surface area contributed by atoms with Gasteiger partial charge in [0.2, 0.25) is 0 Å². The molecule has 0 aromatic heterocycles. The van der Waals surface area contributed by atoms with E-state index in [1.54, 1.807) is 18.2 Å². The van der Waals surface area contributed by atoms with E-state index in [1.165, 1.54) is 0 Å². The Morgan fingerprint density at radius 1 is 1.38 bits per heavy atom. The predicted molar refractivity (Wildman–Crippen MR) is 56.5 cm³/mol. The number of hydrogen-bond donors (Lipinski definition) is 3. The average Bonchev–Trinajstić information content (AvgIpc) is 2.09. The van der Waals surface area contributed by atoms with E-state index in [0.29, 0.717) is 23.7 Å². The lowest BCUT2D eigenvalue weighted by molar-refractivity contribution is 0.663. The molecule has 1 rings (SSSR count). The van der Waals surface area contributed by atoms with Crippen molar-refractivity contribution >= 4 is 17.3 Å². The first-order valence-corrected chi connectivity index (χ1v) is 4.53. The molecular formula is C9H14ClN3. The highest BCUT2D eigenvalue weighted by Crippen LogP contribution is 2.24. The van der Waals surface area contributed by atoms with Gasteiger partial charge in [0.25, 0.3) is 0 Å². The average molecular weight is 200 g/mol. The van der Waals surface area contributed by atoms with Crippen LogP contribution < -0.4 is 17.2 Å². The Hall–Kier alpha value is -0.770. The summed E-state index contributed by atoms with van der Waals surface area (Å²) in [5.41, 5.74) is 18.5. The number of halogens is 1. The molecule has 13 heavy (non-hydrogen) atoms. The predicted octanol–water partition coefficient (Wildman–Crippen LogP) is 1.27. The molecule has 1 atom stereocenters. The van der Waals surface area contributed by atoms with E-state index in [2.05, 4.69) is 0 Å². The van der Waals surface area contributed by atoms with E-state index < -0.39 is 0 Å². The summed E-state index contributed by atoms with van der Waals surface area (Å²) in [6.07, 6.45) is 0.713. The van der Waals surface area contributed by atoms with Gasteiger partial charge < -0.3 is 17.2 Å². The summed E-state index contributed by atoms with van der Waals surface area (Å²) in [4.78, 5) is 0. The summed E-state index contributed by atoms with van der Waals surface area (Å²) in [6, 6.07) is 5.17. The van der Waals surface area contributed by atoms with Crippen molar-refractivity contribution < 1.29 is 0 Å². The summed E-state index contributed by atoms with van der Waals surface area (Å²) in [7, 11) is 0. The minimum atomic E-state index is -0.122. The fourth-order valence-corrected chi connectivity index (χ4v) is 1.38. The van der Waals surface area contributed by atoms with Crippen LogP contribution in [0.2, 0.25) is 5.02 Å². The first-order chi connectivity index (χ1) is 6.15. The zero-order chi connectivity index (χ0) is 9.84. The quantitative estimate of drug-likeness (QED) is 0.642. The molecule has 0 heterocycles. The fraction of sp³-hybridized carbons (Fsp3) is 0.333. The summed E-state index contributed by atoms with van der Waals surface area (Å²) < 4.78 is 0. The molecule has 0 radical (unpaired) electrons. The van der Waals surface area contributed by atoms with Crippen LogP contribution >= 0.6 is 11.6 Å². The van der Waals surface area contributed by atoms with Gasteiger partial charge in [0.1, 0.15) is 0 Å². The van der Waals surface area contributed by atoms with Crippen LogP contribution in [-0.4, -0.2) is 6.54 Å². The highest BCUT2D eigenvalue weighted by Gasteiger charge is 2.08. The summed E-state index contributed by atoms with van der Waals surface area (Å²) in [6.45, 7) is 0.549. The van der Waals surface area contributed by atoms with Crippen LogP contribution in [0.5, 0.6) is 0 Å². The van der Waals surface area contributed by atoms with Crippen molar-refractivity contribution in [1.29, 1.82) is 0 Å². The van der Waals surface area contributed by atoms with Gasteiger partial charge in [-0.1, -0.05) is 11.6 Å². The molecule has 0 unspecified atom stereocenters. The van der Waals surface area contributed by atoms with Crippen LogP contribution in [0.25, 0.3) is 0 Å². The van der Waals surface area contributed by atoms with Gasteiger partial charge in [0.15, 0.2) is 0 Å². The van der Waals surface area contributed by atoms with Crippen molar-refractivity contribution in [3.63, 3.8) is 0 Å². The fourth-order valence-electron chi connectivity index (χ4n) is 1.20. The lowest BCUT2D eigenvalue weighted by atomic mass is 10.0. The zero-order valence-electron chi connectivity index (χ0n) is 7.33. The van der Waals surface area contributed by atoms with Crippen molar-refractivity contribution in [1.82, 2.24) is 0 Å². The van der Waals surface area contributed by atoms with Crippen LogP contribution in [0.1, 0.15) is 18.0 Å². The molecule has 0 saturated heterocycles. The molecule has 0 bridgehead atoms. The van der Waals surface area contributed by atoms with Gasteiger partial charge in [0, 0.05) is 16.8 Å². The van der Waals surface area contributed by atoms with Crippen molar-refractivity contribution in [3.8, 4) is 0 Å². The normalized spacial score (nSPS) is 12.8. The minimum Gasteiger partial charge on any atom is -0.398 e. The second-order valence-electron chi connectivity index (χ2n) is 2.96. The number of nitrogens with two attached hydrogens (primary N) is 3. The minimum absolute atomic E-state index is 0.122. The Morgan fingerprint density at radius 3 is 2.69 bits per heavy atom. The Labute approximate surface area is 82.8 Å². The maximum absolute atomic E-state index is 5.86. The largest absolute Gasteiger partial charge is 0.398 e. The van der Waals surface area contributed by atoms with Gasteiger partial charge in [-0.2, -0.15) is 0 Å². The van der Waals surface area contributed by atoms with Crippen molar-refractivity contribution in [3.05, 3.63) is 28.8 Å². The molecular weight excluding hydrogens is 186 g/mol. The van der Waals surface area contributed by atoms with E-state index >= 15 is 0 Å². The monoisotopic (exact) mass is 199 g/mol. The van der Waals surface area contributed by atoms with Crippen molar-refractivity contribution in [2.45, 2.75) is 12.5 Å². The number of anilines is 1. The standard InChI is InChI=1S/C9H14ClN3/c10-6-1-2-8(12)7(5-6)9(13)3-4-11/h1-2,5,9H,3-4,11-13H2/t9-/m0/s1. The maximum Gasteiger partial charge on any atom is 0.0410 e. The summed E-state index contributed by atoms with van der Waals surface area (Å²) in [5, 5.41) is 0.650. The molecule has 1 aromatic rings. The number of benzene rings is 1. The van der Waals surface area contributed by atoms with E-state index in [4.69, 9.17) is 28.8 Å². The lowest BCUT2D eigenvalue weighted by Crippen LogP contribution is -2.16. The summed E-state index contributed by atoms with van der Waals surface area (Å²) in [5.74, 6) is 0. The van der Waals surface area contributed by atoms with Gasteiger partial charge in [0.05, 0.1) is 0 Å². The third-order valence-electron chi connectivity index (χ3n) is 1.93. The summed E-state index contributed by atoms with van der Waals surface area (Å²) >= 11 is 5.82. The Balaban J connectivity index is 2.91. The molecule has 4 heteroatoms. The number of hydrogen-bond acceptors (Lipinski definition) is 3. The van der Waals surface area contributed by atoms with E-state index in [1.807, 2.05) is 0 Å². The third-order valence-corrected chi connectivity index (χ3v) is 2.16. The molecule has 0 amide bonds. The Morgan fingerprint density at radius 2 is 2.08 bits per heavy atom. The topological polar surface area (TPSA) is 78.1 Å². The zero-order valence-corrected chi connectivity index (χ0v) is 8.09. The third kappa shape index (κ3) is 2.59. The van der Waals surface area contributed by atoms with E-state index in [0.717, 1.165) is 5.56 Å². The van der Waals surface area contributed by atoms with Crippen LogP contribution in [0.15, 0.2) is 18.2 Å². The lowest BCUT2D eigenvalue weighted by Gasteiger charge is -2.13. The van der Waals surface area contributed by atoms with Crippen LogP contribution in [0, 0.1) is 0 Å². The molecule has 0 fully saturated rings. The van der Waals surface area contributed by atoms with Gasteiger partial charge in [-0.25, -0.2) is 0 Å². The first kappa shape index (κ1) is 10.3. The smallest absolute Gasteiger partial charge is 0.0410 e. The molecule has 0 spiro atoms. The van der Waals surface area contributed by atoms with Gasteiger partial charge in [-0.05, 0) is 36.7 Å². The van der Waals surface area contributed by atoms with Crippen molar-refractivity contribution in [2.24, 2.45) is 11.5 Å². The van der Waals surface area contributed by atoms with E-state index in [-0.39, 0.29) is 6.04 Å². The first-order valence-electron chi connectivity index (χ1n) is 4.15. The molecule has 3 nitrogen and oxygen atoms in total. The number of rotatable bonds is 3. The second-order valence-corrected chi connectivity index (χ2v) is 3.39. The van der Waals surface area contributed by atoms with E-state index in [9.17, 15) is 0 Å². The Bertz CT molecular complexity index is 288.